The van der Waals surface area contributed by atoms with Crippen molar-refractivity contribution in [1.82, 2.24) is 5.32 Å². The third-order valence-corrected chi connectivity index (χ3v) is 2.20. The summed E-state index contributed by atoms with van der Waals surface area (Å²) in [6.07, 6.45) is 1.14. The molecular weight excluding hydrogens is 202 g/mol. The van der Waals surface area contributed by atoms with E-state index in [9.17, 15) is 0 Å². The molecular formula is C13H23NO2. The normalized spacial score (nSPS) is 11.6. The molecule has 1 aromatic rings. The first-order valence-corrected chi connectivity index (χ1v) is 6.00. The Kier molecular flexibility index (Phi) is 5.56. The maximum Gasteiger partial charge on any atom is 0.117 e. The van der Waals surface area contributed by atoms with Gasteiger partial charge in [-0.1, -0.05) is 13.8 Å². The van der Waals surface area contributed by atoms with Gasteiger partial charge in [-0.05, 0) is 26.0 Å². The highest BCUT2D eigenvalue weighted by Gasteiger charge is 2.03. The molecule has 16 heavy (non-hydrogen) atoms. The molecule has 1 aromatic heterocycles. The molecule has 0 spiro atoms. The van der Waals surface area contributed by atoms with E-state index in [-0.39, 0.29) is 6.10 Å². The lowest BCUT2D eigenvalue weighted by atomic mass is 10.3. The van der Waals surface area contributed by atoms with E-state index in [1.54, 1.807) is 0 Å². The van der Waals surface area contributed by atoms with E-state index in [0.717, 1.165) is 31.1 Å². The summed E-state index contributed by atoms with van der Waals surface area (Å²) in [6.45, 7) is 9.85. The summed E-state index contributed by atoms with van der Waals surface area (Å²) >= 11 is 0. The van der Waals surface area contributed by atoms with Crippen molar-refractivity contribution in [3.05, 3.63) is 23.7 Å². The monoisotopic (exact) mass is 225 g/mol. The van der Waals surface area contributed by atoms with Crippen LogP contribution in [0.25, 0.3) is 0 Å². The number of ether oxygens (including phenoxy) is 1. The van der Waals surface area contributed by atoms with Crippen LogP contribution in [0.3, 0.4) is 0 Å². The number of furan rings is 1. The van der Waals surface area contributed by atoms with E-state index >= 15 is 0 Å². The Bertz CT molecular complexity index is 292. The van der Waals surface area contributed by atoms with E-state index < -0.39 is 0 Å². The smallest absolute Gasteiger partial charge is 0.117 e. The lowest BCUT2D eigenvalue weighted by molar-refractivity contribution is 0.0787. The van der Waals surface area contributed by atoms with Gasteiger partial charge in [0.1, 0.15) is 11.5 Å². The number of rotatable bonds is 7. The molecule has 0 saturated heterocycles. The van der Waals surface area contributed by atoms with Gasteiger partial charge in [0.2, 0.25) is 0 Å². The molecule has 0 radical (unpaired) electrons. The predicted octanol–water partition coefficient (Wildman–Crippen LogP) is 2.75. The summed E-state index contributed by atoms with van der Waals surface area (Å²) in [4.78, 5) is 0. The molecule has 0 fully saturated rings. The maximum atomic E-state index is 5.67. The Hall–Kier alpha value is -0.800. The lowest BCUT2D eigenvalue weighted by Crippen LogP contribution is -2.21. The molecule has 0 amide bonds. The Balaban J connectivity index is 2.28. The summed E-state index contributed by atoms with van der Waals surface area (Å²) in [5.74, 6) is 1.99. The fourth-order valence-corrected chi connectivity index (χ4v) is 1.35. The van der Waals surface area contributed by atoms with E-state index in [1.165, 1.54) is 0 Å². The molecule has 0 aliphatic carbocycles. The fourth-order valence-electron chi connectivity index (χ4n) is 1.35. The van der Waals surface area contributed by atoms with Crippen molar-refractivity contribution in [2.24, 2.45) is 0 Å². The zero-order valence-corrected chi connectivity index (χ0v) is 10.7. The minimum absolute atomic E-state index is 0.289. The van der Waals surface area contributed by atoms with Crippen LogP contribution in [0, 0.1) is 0 Å². The molecule has 0 atom stereocenters. The van der Waals surface area contributed by atoms with Crippen molar-refractivity contribution >= 4 is 0 Å². The predicted molar refractivity (Wildman–Crippen MR) is 65.5 cm³/mol. The van der Waals surface area contributed by atoms with Gasteiger partial charge >= 0.3 is 0 Å². The van der Waals surface area contributed by atoms with Crippen molar-refractivity contribution in [1.29, 1.82) is 0 Å². The van der Waals surface area contributed by atoms with Crippen molar-refractivity contribution in [2.75, 3.05) is 6.61 Å². The SMILES string of the molecule is CC(C)NCc1ccc(CCOC(C)C)o1. The average Bonchev–Trinajstić information content (AvgIpc) is 2.62. The number of hydrogen-bond acceptors (Lipinski definition) is 3. The summed E-state index contributed by atoms with van der Waals surface area (Å²) in [5, 5.41) is 3.32. The molecule has 1 rings (SSSR count). The van der Waals surface area contributed by atoms with Crippen molar-refractivity contribution < 1.29 is 9.15 Å². The zero-order valence-electron chi connectivity index (χ0n) is 10.7. The summed E-state index contributed by atoms with van der Waals surface area (Å²) in [5.41, 5.74) is 0. The van der Waals surface area contributed by atoms with Crippen LogP contribution in [-0.4, -0.2) is 18.8 Å². The first kappa shape index (κ1) is 13.3. The summed E-state index contributed by atoms with van der Waals surface area (Å²) in [7, 11) is 0. The Labute approximate surface area is 98.2 Å². The zero-order chi connectivity index (χ0) is 12.0. The lowest BCUT2D eigenvalue weighted by Gasteiger charge is -2.06. The average molecular weight is 225 g/mol. The maximum absolute atomic E-state index is 5.67. The second-order valence-electron chi connectivity index (χ2n) is 4.57. The molecule has 1 N–H and O–H groups in total. The van der Waals surface area contributed by atoms with Crippen LogP contribution >= 0.6 is 0 Å². The van der Waals surface area contributed by atoms with Gasteiger partial charge in [-0.3, -0.25) is 0 Å². The highest BCUT2D eigenvalue weighted by atomic mass is 16.5. The van der Waals surface area contributed by atoms with Crippen molar-refractivity contribution in [2.45, 2.75) is 52.8 Å². The van der Waals surface area contributed by atoms with E-state index in [1.807, 2.05) is 26.0 Å². The summed E-state index contributed by atoms with van der Waals surface area (Å²) in [6, 6.07) is 4.54. The van der Waals surface area contributed by atoms with Gasteiger partial charge in [0.05, 0.1) is 19.3 Å². The second kappa shape index (κ2) is 6.71. The molecule has 3 nitrogen and oxygen atoms in total. The third-order valence-electron chi connectivity index (χ3n) is 2.20. The quantitative estimate of drug-likeness (QED) is 0.775. The Morgan fingerprint density at radius 1 is 1.19 bits per heavy atom. The van der Waals surface area contributed by atoms with Crippen molar-refractivity contribution in [3.63, 3.8) is 0 Å². The van der Waals surface area contributed by atoms with Crippen LogP contribution < -0.4 is 5.32 Å². The van der Waals surface area contributed by atoms with Crippen LogP contribution in [0.1, 0.15) is 39.2 Å². The number of hydrogen-bond donors (Lipinski definition) is 1. The fraction of sp³-hybridized carbons (Fsp3) is 0.692. The standard InChI is InChI=1S/C13H23NO2/c1-10(2)14-9-13-6-5-12(16-13)7-8-15-11(3)4/h5-6,10-11,14H,7-9H2,1-4H3. The Morgan fingerprint density at radius 2 is 1.88 bits per heavy atom. The molecule has 3 heteroatoms. The first-order chi connectivity index (χ1) is 7.58. The first-order valence-electron chi connectivity index (χ1n) is 6.00. The third kappa shape index (κ3) is 5.33. The summed E-state index contributed by atoms with van der Waals surface area (Å²) < 4.78 is 11.2. The minimum Gasteiger partial charge on any atom is -0.465 e. The highest BCUT2D eigenvalue weighted by molar-refractivity contribution is 5.07. The molecule has 0 bridgehead atoms. The molecule has 0 aliphatic heterocycles. The molecule has 92 valence electrons. The van der Waals surface area contributed by atoms with Gasteiger partial charge in [0.15, 0.2) is 0 Å². The molecule has 0 unspecified atom stereocenters. The minimum atomic E-state index is 0.289. The highest BCUT2D eigenvalue weighted by Crippen LogP contribution is 2.09. The van der Waals surface area contributed by atoms with Gasteiger partial charge in [-0.25, -0.2) is 0 Å². The van der Waals surface area contributed by atoms with Gasteiger partial charge in [0, 0.05) is 12.5 Å². The largest absolute Gasteiger partial charge is 0.465 e. The molecule has 0 aromatic carbocycles. The van der Waals surface area contributed by atoms with E-state index in [2.05, 4.69) is 19.2 Å². The van der Waals surface area contributed by atoms with Crippen LogP contribution in [0.5, 0.6) is 0 Å². The van der Waals surface area contributed by atoms with E-state index in [4.69, 9.17) is 9.15 Å². The van der Waals surface area contributed by atoms with Crippen LogP contribution in [0.15, 0.2) is 16.5 Å². The van der Waals surface area contributed by atoms with Gasteiger partial charge in [0.25, 0.3) is 0 Å². The van der Waals surface area contributed by atoms with Gasteiger partial charge in [-0.15, -0.1) is 0 Å². The Morgan fingerprint density at radius 3 is 2.50 bits per heavy atom. The molecule has 0 aliphatic rings. The van der Waals surface area contributed by atoms with Gasteiger partial charge < -0.3 is 14.5 Å². The van der Waals surface area contributed by atoms with Crippen LogP contribution in [-0.2, 0) is 17.7 Å². The topological polar surface area (TPSA) is 34.4 Å². The van der Waals surface area contributed by atoms with E-state index in [0.29, 0.717) is 6.04 Å². The number of nitrogens with one attached hydrogen (secondary N) is 1. The van der Waals surface area contributed by atoms with Gasteiger partial charge in [-0.2, -0.15) is 0 Å². The molecule has 1 heterocycles. The second-order valence-corrected chi connectivity index (χ2v) is 4.57. The molecule has 0 saturated carbocycles. The van der Waals surface area contributed by atoms with Crippen molar-refractivity contribution in [3.8, 4) is 0 Å². The van der Waals surface area contributed by atoms with Crippen LogP contribution in [0.4, 0.5) is 0 Å². The van der Waals surface area contributed by atoms with Crippen LogP contribution in [0.2, 0.25) is 0 Å².